The smallest absolute Gasteiger partial charge is 0.243 e. The van der Waals surface area contributed by atoms with Gasteiger partial charge in [-0.2, -0.15) is 0 Å². The number of hydrogen-bond acceptors (Lipinski definition) is 1. The molecule has 1 aliphatic heterocycles. The van der Waals surface area contributed by atoms with E-state index in [0.29, 0.717) is 0 Å². The normalized spacial score (nSPS) is 17.3. The van der Waals surface area contributed by atoms with Gasteiger partial charge in [-0.3, -0.25) is 0 Å². The first kappa shape index (κ1) is 15.2. The van der Waals surface area contributed by atoms with Gasteiger partial charge in [0.1, 0.15) is 18.9 Å². The Balaban J connectivity index is 0.000000184. The van der Waals surface area contributed by atoms with Crippen LogP contribution in [0.4, 0.5) is 0 Å². The van der Waals surface area contributed by atoms with E-state index >= 15 is 0 Å². The van der Waals surface area contributed by atoms with E-state index in [0.717, 1.165) is 13.2 Å². The molecule has 0 saturated carbocycles. The average Bonchev–Trinajstić information content (AvgIpc) is 2.97. The molecule has 18 heavy (non-hydrogen) atoms. The Morgan fingerprint density at radius 2 is 2.00 bits per heavy atom. The molecule has 0 bridgehead atoms. The van der Waals surface area contributed by atoms with Gasteiger partial charge in [0, 0.05) is 20.0 Å². The number of aryl methyl sites for hydroxylation is 2. The Kier molecular flexibility index (Phi) is 6.36. The van der Waals surface area contributed by atoms with Gasteiger partial charge in [0.15, 0.2) is 0 Å². The molecule has 0 N–H and O–H groups in total. The lowest BCUT2D eigenvalue weighted by atomic mass is 10.4. The van der Waals surface area contributed by atoms with Crippen LogP contribution in [0.15, 0.2) is 18.7 Å². The number of likely N-dealkylation sites (tertiary alicyclic amines) is 1. The van der Waals surface area contributed by atoms with E-state index in [1.165, 1.54) is 37.0 Å². The highest BCUT2D eigenvalue weighted by molar-refractivity contribution is 4.63. The number of nitrogens with zero attached hydrogens (tertiary/aromatic N) is 3. The second-order valence-corrected chi connectivity index (χ2v) is 5.40. The number of aromatic nitrogens is 2. The molecule has 1 aliphatic rings. The van der Waals surface area contributed by atoms with Crippen molar-refractivity contribution in [1.29, 1.82) is 0 Å². The summed E-state index contributed by atoms with van der Waals surface area (Å²) in [5.41, 5.74) is 0. The monoisotopic (exact) mass is 255 g/mol. The zero-order valence-corrected chi connectivity index (χ0v) is 12.4. The van der Waals surface area contributed by atoms with Crippen LogP contribution < -0.4 is 4.57 Å². The topological polar surface area (TPSA) is 18.0 Å². The van der Waals surface area contributed by atoms with E-state index in [1.807, 2.05) is 17.8 Å². The summed E-state index contributed by atoms with van der Waals surface area (Å²) in [6, 6.07) is 0. The van der Waals surface area contributed by atoms with Gasteiger partial charge in [-0.05, 0) is 6.92 Å². The molecule has 0 atom stereocenters. The van der Waals surface area contributed by atoms with Crippen LogP contribution in [0.25, 0.3) is 0 Å². The molecule has 0 amide bonds. The highest BCUT2D eigenvalue weighted by atomic mass is 16.5. The minimum absolute atomic E-state index is 0.913. The number of rotatable bonds is 4. The first-order valence-electron chi connectivity index (χ1n) is 6.93. The van der Waals surface area contributed by atoms with Crippen LogP contribution >= 0.6 is 0 Å². The summed E-state index contributed by atoms with van der Waals surface area (Å²) in [5, 5.41) is 0. The summed E-state index contributed by atoms with van der Waals surface area (Å²) in [5.74, 6) is 0. The molecule has 1 saturated heterocycles. The average molecular weight is 255 g/mol. The van der Waals surface area contributed by atoms with E-state index in [-0.39, 0.29) is 0 Å². The number of methoxy groups -OCH3 is 1. The second-order valence-electron chi connectivity index (χ2n) is 5.40. The maximum Gasteiger partial charge on any atom is 0.243 e. The van der Waals surface area contributed by atoms with E-state index in [9.17, 15) is 0 Å². The van der Waals surface area contributed by atoms with Crippen molar-refractivity contribution in [1.82, 2.24) is 4.57 Å². The fourth-order valence-corrected chi connectivity index (χ4v) is 2.32. The summed E-state index contributed by atoms with van der Waals surface area (Å²) < 4.78 is 10.4. The molecule has 1 aromatic heterocycles. The van der Waals surface area contributed by atoms with Crippen LogP contribution in [0, 0.1) is 0 Å². The minimum Gasteiger partial charge on any atom is -0.379 e. The number of likely N-dealkylation sites (N-methyl/N-ethyl adjacent to an activating group) is 1. The molecule has 4 nitrogen and oxygen atoms in total. The van der Waals surface area contributed by atoms with Crippen molar-refractivity contribution in [3.8, 4) is 0 Å². The maximum atomic E-state index is 5.05. The Labute approximate surface area is 111 Å². The summed E-state index contributed by atoms with van der Waals surface area (Å²) in [7, 11) is 6.13. The van der Waals surface area contributed by atoms with Gasteiger partial charge in [0.25, 0.3) is 0 Å². The van der Waals surface area contributed by atoms with E-state index in [1.54, 1.807) is 7.11 Å². The summed E-state index contributed by atoms with van der Waals surface area (Å²) >= 11 is 0. The van der Waals surface area contributed by atoms with E-state index in [2.05, 4.69) is 31.1 Å². The fourth-order valence-electron chi connectivity index (χ4n) is 2.32. The highest BCUT2D eigenvalue weighted by Gasteiger charge is 2.25. The van der Waals surface area contributed by atoms with Crippen LogP contribution in [-0.4, -0.2) is 49.4 Å². The van der Waals surface area contributed by atoms with Crippen LogP contribution in [0.1, 0.15) is 19.8 Å². The standard InChI is InChI=1S/C8H18NO.C6H11N2/c1-9(7-8-10-2)5-3-4-6-9;1-3-8-5-4-7(2)6-8/h3-8H2,1-2H3;4-6H,3H2,1-2H3/q2*+1. The molecular formula is C14H29N3O+2. The van der Waals surface area contributed by atoms with Crippen molar-refractivity contribution in [3.05, 3.63) is 18.7 Å². The molecule has 0 aliphatic carbocycles. The quantitative estimate of drug-likeness (QED) is 0.584. The van der Waals surface area contributed by atoms with Crippen molar-refractivity contribution in [2.24, 2.45) is 7.05 Å². The van der Waals surface area contributed by atoms with Crippen LogP contribution in [0.3, 0.4) is 0 Å². The Morgan fingerprint density at radius 3 is 2.39 bits per heavy atom. The number of quaternary nitrogens is 1. The lowest BCUT2D eigenvalue weighted by molar-refractivity contribution is -0.897. The third kappa shape index (κ3) is 5.19. The molecule has 2 heterocycles. The zero-order chi connectivity index (χ0) is 13.4. The number of hydrogen-bond donors (Lipinski definition) is 0. The molecule has 104 valence electrons. The third-order valence-electron chi connectivity index (χ3n) is 3.67. The second kappa shape index (κ2) is 7.54. The molecule has 4 heteroatoms. The van der Waals surface area contributed by atoms with Crippen LogP contribution in [-0.2, 0) is 18.3 Å². The predicted molar refractivity (Wildman–Crippen MR) is 73.2 cm³/mol. The van der Waals surface area contributed by atoms with Crippen molar-refractivity contribution >= 4 is 0 Å². The summed E-state index contributed by atoms with van der Waals surface area (Å²) in [6.07, 6.45) is 8.95. The molecule has 1 fully saturated rings. The van der Waals surface area contributed by atoms with Crippen LogP contribution in [0.2, 0.25) is 0 Å². The summed E-state index contributed by atoms with van der Waals surface area (Å²) in [6.45, 7) is 7.99. The maximum absolute atomic E-state index is 5.05. The minimum atomic E-state index is 0.913. The Hall–Kier alpha value is -0.870. The lowest BCUT2D eigenvalue weighted by Crippen LogP contribution is -2.43. The van der Waals surface area contributed by atoms with Gasteiger partial charge < -0.3 is 9.22 Å². The molecule has 0 aromatic carbocycles. The largest absolute Gasteiger partial charge is 0.379 e. The Bertz CT molecular complexity index is 330. The highest BCUT2D eigenvalue weighted by Crippen LogP contribution is 2.15. The third-order valence-corrected chi connectivity index (χ3v) is 3.67. The van der Waals surface area contributed by atoms with Crippen molar-refractivity contribution in [3.63, 3.8) is 0 Å². The van der Waals surface area contributed by atoms with Gasteiger partial charge >= 0.3 is 0 Å². The van der Waals surface area contributed by atoms with E-state index in [4.69, 9.17) is 4.74 Å². The van der Waals surface area contributed by atoms with E-state index < -0.39 is 0 Å². The van der Waals surface area contributed by atoms with Gasteiger partial charge in [-0.15, -0.1) is 0 Å². The molecular weight excluding hydrogens is 226 g/mol. The van der Waals surface area contributed by atoms with Gasteiger partial charge in [-0.25, -0.2) is 9.13 Å². The SMILES string of the molecule is CCn1cc[n+](C)c1.COCC[N+]1(C)CCCC1. The first-order valence-corrected chi connectivity index (χ1v) is 6.93. The van der Waals surface area contributed by atoms with Crippen LogP contribution in [0.5, 0.6) is 0 Å². The van der Waals surface area contributed by atoms with Gasteiger partial charge in [-0.1, -0.05) is 0 Å². The zero-order valence-electron chi connectivity index (χ0n) is 12.4. The van der Waals surface area contributed by atoms with Crippen molar-refractivity contribution in [2.45, 2.75) is 26.3 Å². The molecule has 1 aromatic rings. The van der Waals surface area contributed by atoms with Crippen molar-refractivity contribution < 1.29 is 13.8 Å². The summed E-state index contributed by atoms with van der Waals surface area (Å²) in [4.78, 5) is 0. The van der Waals surface area contributed by atoms with Gasteiger partial charge in [0.05, 0.1) is 40.3 Å². The van der Waals surface area contributed by atoms with Crippen molar-refractivity contribution in [2.75, 3.05) is 40.4 Å². The predicted octanol–water partition coefficient (Wildman–Crippen LogP) is 1.21. The van der Waals surface area contributed by atoms with Gasteiger partial charge in [0.2, 0.25) is 6.33 Å². The first-order chi connectivity index (χ1) is 8.59. The molecule has 0 unspecified atom stereocenters. The lowest BCUT2D eigenvalue weighted by Gasteiger charge is -2.28. The molecule has 0 spiro atoms. The molecule has 2 rings (SSSR count). The molecule has 0 radical (unpaired) electrons. The number of ether oxygens (including phenoxy) is 1. The fraction of sp³-hybridized carbons (Fsp3) is 0.786. The Morgan fingerprint density at radius 1 is 1.33 bits per heavy atom. The number of imidazole rings is 1.